The molecule has 0 aliphatic carbocycles. The van der Waals surface area contributed by atoms with Crippen molar-refractivity contribution in [3.8, 4) is 0 Å². The van der Waals surface area contributed by atoms with Gasteiger partial charge in [-0.3, -0.25) is 4.90 Å². The van der Waals surface area contributed by atoms with E-state index in [0.717, 1.165) is 32.7 Å². The van der Waals surface area contributed by atoms with Crippen LogP contribution in [0.3, 0.4) is 0 Å². The quantitative estimate of drug-likeness (QED) is 0.925. The Morgan fingerprint density at radius 1 is 1.15 bits per heavy atom. The van der Waals surface area contributed by atoms with Crippen LogP contribution in [0.15, 0.2) is 30.5 Å². The Morgan fingerprint density at radius 3 is 2.60 bits per heavy atom. The van der Waals surface area contributed by atoms with E-state index in [2.05, 4.69) is 66.1 Å². The molecular weight excluding hydrogens is 246 g/mol. The summed E-state index contributed by atoms with van der Waals surface area (Å²) in [5.74, 6) is 0. The average Bonchev–Trinajstić information content (AvgIpc) is 2.78. The minimum Gasteiger partial charge on any atom is -0.350 e. The van der Waals surface area contributed by atoms with Crippen LogP contribution in [-0.4, -0.2) is 42.2 Å². The van der Waals surface area contributed by atoms with Crippen molar-refractivity contribution in [1.82, 2.24) is 14.8 Å². The summed E-state index contributed by atoms with van der Waals surface area (Å²) in [6.07, 6.45) is 2.31. The number of benzene rings is 1. The fourth-order valence-corrected chi connectivity index (χ4v) is 3.39. The molecule has 1 aliphatic rings. The second-order valence-corrected chi connectivity index (χ2v) is 6.58. The van der Waals surface area contributed by atoms with Gasteiger partial charge in [0.15, 0.2) is 0 Å². The molecule has 3 heteroatoms. The standard InChI is InChI=1S/C17H25N3/c1-17(2,13-20-10-8-18-9-11-20)15-12-19(3)16-7-5-4-6-14(15)16/h4-7,12,18H,8-11,13H2,1-3H3. The summed E-state index contributed by atoms with van der Waals surface area (Å²) in [6.45, 7) is 10.4. The molecule has 3 rings (SSSR count). The highest BCUT2D eigenvalue weighted by molar-refractivity contribution is 5.85. The van der Waals surface area contributed by atoms with Crippen molar-refractivity contribution >= 4 is 10.9 Å². The molecule has 20 heavy (non-hydrogen) atoms. The lowest BCUT2D eigenvalue weighted by Crippen LogP contribution is -2.47. The fourth-order valence-electron chi connectivity index (χ4n) is 3.39. The molecule has 1 N–H and O–H groups in total. The Labute approximate surface area is 121 Å². The summed E-state index contributed by atoms with van der Waals surface area (Å²) in [6, 6.07) is 8.73. The topological polar surface area (TPSA) is 20.2 Å². The van der Waals surface area contributed by atoms with E-state index in [1.54, 1.807) is 0 Å². The molecule has 0 radical (unpaired) electrons. The lowest BCUT2D eigenvalue weighted by Gasteiger charge is -2.35. The Kier molecular flexibility index (Phi) is 3.57. The molecule has 1 fully saturated rings. The predicted octanol–water partition coefficient (Wildman–Crippen LogP) is 2.36. The van der Waals surface area contributed by atoms with Gasteiger partial charge >= 0.3 is 0 Å². The molecule has 1 aliphatic heterocycles. The third-order valence-corrected chi connectivity index (χ3v) is 4.45. The van der Waals surface area contributed by atoms with E-state index in [1.807, 2.05) is 0 Å². The lowest BCUT2D eigenvalue weighted by atomic mass is 9.83. The van der Waals surface area contributed by atoms with Gasteiger partial charge in [0.1, 0.15) is 0 Å². The van der Waals surface area contributed by atoms with Gasteiger partial charge in [-0.25, -0.2) is 0 Å². The summed E-state index contributed by atoms with van der Waals surface area (Å²) < 4.78 is 2.25. The van der Waals surface area contributed by atoms with Crippen molar-refractivity contribution in [3.05, 3.63) is 36.0 Å². The number of nitrogens with one attached hydrogen (secondary N) is 1. The SMILES string of the molecule is Cn1cc(C(C)(C)CN2CCNCC2)c2ccccc21. The molecule has 1 aromatic carbocycles. The van der Waals surface area contributed by atoms with Crippen molar-refractivity contribution in [1.29, 1.82) is 0 Å². The van der Waals surface area contributed by atoms with Crippen molar-refractivity contribution in [2.75, 3.05) is 32.7 Å². The van der Waals surface area contributed by atoms with Gasteiger partial charge in [0.05, 0.1) is 0 Å². The molecule has 0 saturated carbocycles. The van der Waals surface area contributed by atoms with E-state index < -0.39 is 0 Å². The molecule has 0 atom stereocenters. The number of para-hydroxylation sites is 1. The van der Waals surface area contributed by atoms with E-state index in [1.165, 1.54) is 16.5 Å². The molecule has 1 saturated heterocycles. The van der Waals surface area contributed by atoms with Crippen LogP contribution < -0.4 is 5.32 Å². The molecule has 0 bridgehead atoms. The Hall–Kier alpha value is -1.32. The van der Waals surface area contributed by atoms with Gasteiger partial charge in [-0.2, -0.15) is 0 Å². The number of hydrogen-bond acceptors (Lipinski definition) is 2. The van der Waals surface area contributed by atoms with Crippen LogP contribution >= 0.6 is 0 Å². The van der Waals surface area contributed by atoms with Crippen molar-refractivity contribution < 1.29 is 0 Å². The van der Waals surface area contributed by atoms with Gasteiger partial charge in [0.25, 0.3) is 0 Å². The molecule has 0 amide bonds. The van der Waals surface area contributed by atoms with Crippen LogP contribution in [0.1, 0.15) is 19.4 Å². The monoisotopic (exact) mass is 271 g/mol. The summed E-state index contributed by atoms with van der Waals surface area (Å²) in [5.41, 5.74) is 2.98. The van der Waals surface area contributed by atoms with Crippen LogP contribution in [0.2, 0.25) is 0 Å². The average molecular weight is 271 g/mol. The number of aryl methyl sites for hydroxylation is 1. The number of aromatic nitrogens is 1. The maximum absolute atomic E-state index is 3.43. The van der Waals surface area contributed by atoms with Gasteiger partial charge in [0.2, 0.25) is 0 Å². The number of nitrogens with zero attached hydrogens (tertiary/aromatic N) is 2. The van der Waals surface area contributed by atoms with Crippen molar-refractivity contribution in [2.24, 2.45) is 7.05 Å². The first-order valence-electron chi connectivity index (χ1n) is 7.55. The summed E-state index contributed by atoms with van der Waals surface area (Å²) in [5, 5.41) is 4.83. The zero-order valence-corrected chi connectivity index (χ0v) is 12.8. The second-order valence-electron chi connectivity index (χ2n) is 6.58. The van der Waals surface area contributed by atoms with Crippen LogP contribution in [-0.2, 0) is 12.5 Å². The third-order valence-electron chi connectivity index (χ3n) is 4.45. The highest BCUT2D eigenvalue weighted by Crippen LogP contribution is 2.32. The van der Waals surface area contributed by atoms with Crippen LogP contribution in [0.4, 0.5) is 0 Å². The highest BCUT2D eigenvalue weighted by Gasteiger charge is 2.27. The van der Waals surface area contributed by atoms with Crippen LogP contribution in [0, 0.1) is 0 Å². The van der Waals surface area contributed by atoms with E-state index in [-0.39, 0.29) is 5.41 Å². The van der Waals surface area contributed by atoms with Crippen molar-refractivity contribution in [3.63, 3.8) is 0 Å². The van der Waals surface area contributed by atoms with Gasteiger partial charge in [-0.05, 0) is 11.6 Å². The zero-order chi connectivity index (χ0) is 14.2. The van der Waals surface area contributed by atoms with Crippen LogP contribution in [0.5, 0.6) is 0 Å². The maximum atomic E-state index is 3.43. The van der Waals surface area contributed by atoms with Gasteiger partial charge in [-0.15, -0.1) is 0 Å². The Morgan fingerprint density at radius 2 is 1.85 bits per heavy atom. The molecule has 2 heterocycles. The first kappa shape index (κ1) is 13.7. The summed E-state index contributed by atoms with van der Waals surface area (Å²) >= 11 is 0. The smallest absolute Gasteiger partial charge is 0.0480 e. The van der Waals surface area contributed by atoms with Gasteiger partial charge in [0, 0.05) is 62.3 Å². The third kappa shape index (κ3) is 2.48. The first-order chi connectivity index (χ1) is 9.58. The molecule has 1 aromatic heterocycles. The summed E-state index contributed by atoms with van der Waals surface area (Å²) in [4.78, 5) is 2.58. The molecule has 3 nitrogen and oxygen atoms in total. The molecule has 0 spiro atoms. The molecule has 2 aromatic rings. The number of rotatable bonds is 3. The largest absolute Gasteiger partial charge is 0.350 e. The molecular formula is C17H25N3. The van der Waals surface area contributed by atoms with Crippen LogP contribution in [0.25, 0.3) is 10.9 Å². The Bertz CT molecular complexity index is 591. The van der Waals surface area contributed by atoms with Gasteiger partial charge in [-0.1, -0.05) is 32.0 Å². The Balaban J connectivity index is 1.92. The number of piperazine rings is 1. The van der Waals surface area contributed by atoms with E-state index >= 15 is 0 Å². The molecule has 108 valence electrons. The highest BCUT2D eigenvalue weighted by atomic mass is 15.2. The molecule has 0 unspecified atom stereocenters. The lowest BCUT2D eigenvalue weighted by molar-refractivity contribution is 0.200. The normalized spacial score (nSPS) is 17.8. The van der Waals surface area contributed by atoms with Gasteiger partial charge < -0.3 is 9.88 Å². The number of hydrogen-bond donors (Lipinski definition) is 1. The number of fused-ring (bicyclic) bond motifs is 1. The first-order valence-corrected chi connectivity index (χ1v) is 7.55. The van der Waals surface area contributed by atoms with E-state index in [4.69, 9.17) is 0 Å². The predicted molar refractivity (Wildman–Crippen MR) is 85.3 cm³/mol. The second kappa shape index (κ2) is 5.23. The summed E-state index contributed by atoms with van der Waals surface area (Å²) in [7, 11) is 2.15. The van der Waals surface area contributed by atoms with E-state index in [0.29, 0.717) is 0 Å². The van der Waals surface area contributed by atoms with Crippen molar-refractivity contribution in [2.45, 2.75) is 19.3 Å². The minimum atomic E-state index is 0.179. The minimum absolute atomic E-state index is 0.179. The zero-order valence-electron chi connectivity index (χ0n) is 12.8. The maximum Gasteiger partial charge on any atom is 0.0480 e. The fraction of sp³-hybridized carbons (Fsp3) is 0.529. The van der Waals surface area contributed by atoms with E-state index in [9.17, 15) is 0 Å².